The molecule has 2 aromatic rings. The number of nitrogens with zero attached hydrogens (tertiary/aromatic N) is 1. The minimum Gasteiger partial charge on any atom is -0.352 e. The highest BCUT2D eigenvalue weighted by molar-refractivity contribution is 5.95. The van der Waals surface area contributed by atoms with Gasteiger partial charge < -0.3 is 10.7 Å². The summed E-state index contributed by atoms with van der Waals surface area (Å²) in [5, 5.41) is 3.07. The van der Waals surface area contributed by atoms with Crippen LogP contribution in [-0.4, -0.2) is 17.4 Å². The first-order valence-corrected chi connectivity index (χ1v) is 9.46. The standard InChI is InChI=1S/C20H25N5O/c26-20(21-12-11-14-5-2-1-3-6-14)16-8-4-7-15(13-16)17-9-10-18-19(22-17)24-25-23-18/h4,7-10,13-14,23,25H,1-3,5-6,11-12H2,(H,21,26)(H,22,24). The first-order chi connectivity index (χ1) is 12.8. The van der Waals surface area contributed by atoms with Crippen LogP contribution in [0.5, 0.6) is 0 Å². The van der Waals surface area contributed by atoms with Crippen molar-refractivity contribution in [2.75, 3.05) is 17.4 Å². The van der Waals surface area contributed by atoms with E-state index in [0.29, 0.717) is 5.56 Å². The largest absolute Gasteiger partial charge is 0.352 e. The Bertz CT molecular complexity index is 786. The van der Waals surface area contributed by atoms with Crippen molar-refractivity contribution in [1.29, 1.82) is 0 Å². The molecule has 1 aromatic carbocycles. The molecular weight excluding hydrogens is 326 g/mol. The summed E-state index contributed by atoms with van der Waals surface area (Å²) in [5.41, 5.74) is 12.1. The second-order valence-electron chi connectivity index (χ2n) is 7.10. The average molecular weight is 351 g/mol. The molecule has 2 heterocycles. The minimum atomic E-state index is -0.00900. The van der Waals surface area contributed by atoms with E-state index in [1.807, 2.05) is 36.4 Å². The number of hydrogen-bond donors (Lipinski definition) is 4. The number of pyridine rings is 1. The van der Waals surface area contributed by atoms with Gasteiger partial charge in [-0.2, -0.15) is 0 Å². The lowest BCUT2D eigenvalue weighted by Crippen LogP contribution is -2.26. The molecule has 26 heavy (non-hydrogen) atoms. The van der Waals surface area contributed by atoms with Crippen molar-refractivity contribution < 1.29 is 4.79 Å². The van der Waals surface area contributed by atoms with Gasteiger partial charge in [-0.3, -0.25) is 10.2 Å². The molecule has 6 nitrogen and oxygen atoms in total. The van der Waals surface area contributed by atoms with Gasteiger partial charge in [0.15, 0.2) is 5.82 Å². The molecule has 1 aliphatic heterocycles. The molecule has 136 valence electrons. The summed E-state index contributed by atoms with van der Waals surface area (Å²) in [4.78, 5) is 17.1. The number of anilines is 2. The first-order valence-electron chi connectivity index (χ1n) is 9.46. The van der Waals surface area contributed by atoms with Gasteiger partial charge >= 0.3 is 0 Å². The number of amides is 1. The van der Waals surface area contributed by atoms with Crippen LogP contribution < -0.4 is 21.7 Å². The van der Waals surface area contributed by atoms with Gasteiger partial charge in [0.25, 0.3) is 5.91 Å². The maximum atomic E-state index is 12.5. The zero-order chi connectivity index (χ0) is 17.8. The Morgan fingerprint density at radius 1 is 1.12 bits per heavy atom. The van der Waals surface area contributed by atoms with Crippen LogP contribution in [0.15, 0.2) is 36.4 Å². The molecule has 1 aromatic heterocycles. The zero-order valence-electron chi connectivity index (χ0n) is 14.8. The number of hydrogen-bond acceptors (Lipinski definition) is 5. The molecule has 2 aliphatic rings. The summed E-state index contributed by atoms with van der Waals surface area (Å²) >= 11 is 0. The lowest BCUT2D eigenvalue weighted by molar-refractivity contribution is 0.0950. The predicted molar refractivity (Wildman–Crippen MR) is 104 cm³/mol. The minimum absolute atomic E-state index is 0.00900. The molecule has 1 amide bonds. The van der Waals surface area contributed by atoms with E-state index < -0.39 is 0 Å². The Labute approximate surface area is 153 Å². The van der Waals surface area contributed by atoms with Crippen LogP contribution in [-0.2, 0) is 0 Å². The predicted octanol–water partition coefficient (Wildman–Crippen LogP) is 3.71. The zero-order valence-corrected chi connectivity index (χ0v) is 14.8. The van der Waals surface area contributed by atoms with Crippen LogP contribution in [0.25, 0.3) is 11.3 Å². The highest BCUT2D eigenvalue weighted by Gasteiger charge is 2.15. The highest BCUT2D eigenvalue weighted by atomic mass is 16.1. The topological polar surface area (TPSA) is 78.1 Å². The first kappa shape index (κ1) is 16.8. The number of fused-ring (bicyclic) bond motifs is 1. The number of rotatable bonds is 5. The average Bonchev–Trinajstić information content (AvgIpc) is 3.16. The van der Waals surface area contributed by atoms with Gasteiger partial charge in [-0.1, -0.05) is 44.2 Å². The van der Waals surface area contributed by atoms with E-state index in [-0.39, 0.29) is 5.91 Å². The van der Waals surface area contributed by atoms with Crippen LogP contribution in [0, 0.1) is 5.92 Å². The fourth-order valence-electron chi connectivity index (χ4n) is 3.76. The Kier molecular flexibility index (Phi) is 5.02. The van der Waals surface area contributed by atoms with Gasteiger partial charge in [0.2, 0.25) is 0 Å². The van der Waals surface area contributed by atoms with Crippen molar-refractivity contribution in [2.24, 2.45) is 5.92 Å². The maximum Gasteiger partial charge on any atom is 0.251 e. The van der Waals surface area contributed by atoms with Gasteiger partial charge in [-0.15, -0.1) is 5.53 Å². The maximum absolute atomic E-state index is 12.5. The molecule has 4 N–H and O–H groups in total. The van der Waals surface area contributed by atoms with E-state index in [1.54, 1.807) is 0 Å². The Morgan fingerprint density at radius 2 is 2.00 bits per heavy atom. The summed E-state index contributed by atoms with van der Waals surface area (Å²) in [6.07, 6.45) is 7.76. The molecule has 1 fully saturated rings. The van der Waals surface area contributed by atoms with Crippen LogP contribution in [0.1, 0.15) is 48.9 Å². The summed E-state index contributed by atoms with van der Waals surface area (Å²) < 4.78 is 0. The fraction of sp³-hybridized carbons (Fsp3) is 0.400. The van der Waals surface area contributed by atoms with E-state index in [2.05, 4.69) is 26.7 Å². The van der Waals surface area contributed by atoms with Crippen LogP contribution in [0.4, 0.5) is 11.5 Å². The van der Waals surface area contributed by atoms with Gasteiger partial charge in [0.1, 0.15) is 0 Å². The van der Waals surface area contributed by atoms with Crippen molar-refractivity contribution in [2.45, 2.75) is 38.5 Å². The smallest absolute Gasteiger partial charge is 0.251 e. The molecule has 4 rings (SSSR count). The molecular formula is C20H25N5O. The monoisotopic (exact) mass is 351 g/mol. The van der Waals surface area contributed by atoms with E-state index in [0.717, 1.165) is 41.6 Å². The molecule has 0 saturated heterocycles. The molecule has 0 radical (unpaired) electrons. The van der Waals surface area contributed by atoms with E-state index in [9.17, 15) is 4.79 Å². The number of benzene rings is 1. The molecule has 0 bridgehead atoms. The van der Waals surface area contributed by atoms with Gasteiger partial charge in [0.05, 0.1) is 11.4 Å². The highest BCUT2D eigenvalue weighted by Crippen LogP contribution is 2.27. The Balaban J connectivity index is 1.39. The Morgan fingerprint density at radius 3 is 2.88 bits per heavy atom. The summed E-state index contributed by atoms with van der Waals surface area (Å²) in [7, 11) is 0. The van der Waals surface area contributed by atoms with Crippen LogP contribution >= 0.6 is 0 Å². The van der Waals surface area contributed by atoms with Crippen LogP contribution in [0.3, 0.4) is 0 Å². The number of aromatic nitrogens is 1. The third-order valence-corrected chi connectivity index (χ3v) is 5.26. The number of hydrazine groups is 2. The van der Waals surface area contributed by atoms with Crippen molar-refractivity contribution in [1.82, 2.24) is 15.8 Å². The van der Waals surface area contributed by atoms with E-state index in [4.69, 9.17) is 0 Å². The van der Waals surface area contributed by atoms with Crippen LogP contribution in [0.2, 0.25) is 0 Å². The van der Waals surface area contributed by atoms with Crippen molar-refractivity contribution >= 4 is 17.4 Å². The summed E-state index contributed by atoms with van der Waals surface area (Å²) in [6.45, 7) is 0.756. The van der Waals surface area contributed by atoms with E-state index in [1.165, 1.54) is 32.1 Å². The summed E-state index contributed by atoms with van der Waals surface area (Å²) in [6, 6.07) is 11.5. The van der Waals surface area contributed by atoms with E-state index >= 15 is 0 Å². The number of carbonyl (C=O) groups is 1. The quantitative estimate of drug-likeness (QED) is 0.661. The van der Waals surface area contributed by atoms with Gasteiger partial charge in [-0.25, -0.2) is 4.98 Å². The second kappa shape index (κ2) is 7.74. The third kappa shape index (κ3) is 3.80. The molecule has 0 atom stereocenters. The van der Waals surface area contributed by atoms with Crippen molar-refractivity contribution in [3.8, 4) is 11.3 Å². The van der Waals surface area contributed by atoms with Gasteiger partial charge in [-0.05, 0) is 36.6 Å². The van der Waals surface area contributed by atoms with Gasteiger partial charge in [0, 0.05) is 17.7 Å². The lowest BCUT2D eigenvalue weighted by Gasteiger charge is -2.21. The molecule has 6 heteroatoms. The van der Waals surface area contributed by atoms with Crippen molar-refractivity contribution in [3.63, 3.8) is 0 Å². The SMILES string of the molecule is O=C(NCCC1CCCCC1)c1cccc(-c2ccc3c(n2)NNN3)c1. The normalized spacial score (nSPS) is 16.5. The summed E-state index contributed by atoms with van der Waals surface area (Å²) in [5.74, 6) is 1.52. The molecule has 0 unspecified atom stereocenters. The molecule has 1 saturated carbocycles. The lowest BCUT2D eigenvalue weighted by atomic mass is 9.87. The molecule has 1 aliphatic carbocycles. The fourth-order valence-corrected chi connectivity index (χ4v) is 3.76. The number of nitrogens with one attached hydrogen (secondary N) is 4. The van der Waals surface area contributed by atoms with Crippen molar-refractivity contribution in [3.05, 3.63) is 42.0 Å². The Hall–Kier alpha value is -2.60. The second-order valence-corrected chi connectivity index (χ2v) is 7.10. The third-order valence-electron chi connectivity index (χ3n) is 5.26. The number of carbonyl (C=O) groups excluding carboxylic acids is 1. The molecule has 0 spiro atoms.